The van der Waals surface area contributed by atoms with Crippen LogP contribution >= 0.6 is 22.9 Å². The Morgan fingerprint density at radius 3 is 2.71 bits per heavy atom. The average Bonchev–Trinajstić information content (AvgIpc) is 3.37. The number of carbonyl (C=O) groups excluding carboxylic acids is 2. The number of Topliss-reactive ketones (excluding diaryl/α,β-unsaturated/α-hetero) is 1. The molecule has 1 aromatic heterocycles. The van der Waals surface area contributed by atoms with Gasteiger partial charge in [0.05, 0.1) is 28.4 Å². The molecule has 176 valence electrons. The van der Waals surface area contributed by atoms with Crippen molar-refractivity contribution in [3.63, 3.8) is 0 Å². The Labute approximate surface area is 208 Å². The van der Waals surface area contributed by atoms with E-state index >= 15 is 0 Å². The first-order valence-electron chi connectivity index (χ1n) is 10.7. The molecular formula is C26H18ClFN2O4S. The Morgan fingerprint density at radius 2 is 1.94 bits per heavy atom. The molecule has 0 radical (unpaired) electrons. The van der Waals surface area contributed by atoms with E-state index in [1.54, 1.807) is 48.5 Å². The fraction of sp³-hybridized carbons (Fsp3) is 0.115. The molecule has 0 bridgehead atoms. The summed E-state index contributed by atoms with van der Waals surface area (Å²) in [5, 5.41) is 11.9. The van der Waals surface area contributed by atoms with Crippen LogP contribution < -0.4 is 9.64 Å². The van der Waals surface area contributed by atoms with Crippen molar-refractivity contribution in [1.29, 1.82) is 0 Å². The largest absolute Gasteiger partial charge is 0.507 e. The number of fused-ring (bicyclic) bond motifs is 1. The van der Waals surface area contributed by atoms with Gasteiger partial charge in [-0.05, 0) is 55.0 Å². The van der Waals surface area contributed by atoms with Gasteiger partial charge in [-0.25, -0.2) is 9.37 Å². The Bertz CT molecular complexity index is 1520. The number of thiazole rings is 1. The standard InChI is InChI=1S/C26H18ClFN2O4S/c1-2-34-18-8-4-6-15(12-18)23(31)21-22(14-5-3-7-16(27)11-14)30(25(33)24(21)32)26-29-19-10-9-17(28)13-20(19)35-26/h3-13,22,31H,2H2,1H3. The second-order valence-electron chi connectivity index (χ2n) is 7.79. The molecule has 1 fully saturated rings. The number of halogens is 2. The van der Waals surface area contributed by atoms with Crippen LogP contribution in [0.5, 0.6) is 5.75 Å². The molecule has 1 amide bonds. The lowest BCUT2D eigenvalue weighted by atomic mass is 9.95. The second kappa shape index (κ2) is 9.13. The van der Waals surface area contributed by atoms with Crippen LogP contribution in [0.15, 0.2) is 72.3 Å². The molecule has 6 nitrogen and oxygen atoms in total. The first-order chi connectivity index (χ1) is 16.9. The van der Waals surface area contributed by atoms with Gasteiger partial charge >= 0.3 is 5.91 Å². The molecule has 1 N–H and O–H groups in total. The van der Waals surface area contributed by atoms with Crippen molar-refractivity contribution in [1.82, 2.24) is 4.98 Å². The number of ether oxygens (including phenoxy) is 1. The van der Waals surface area contributed by atoms with Gasteiger partial charge < -0.3 is 9.84 Å². The van der Waals surface area contributed by atoms with Gasteiger partial charge in [-0.3, -0.25) is 14.5 Å². The molecule has 9 heteroatoms. The highest BCUT2D eigenvalue weighted by Crippen LogP contribution is 2.44. The molecule has 1 saturated heterocycles. The summed E-state index contributed by atoms with van der Waals surface area (Å²) < 4.78 is 19.8. The predicted octanol–water partition coefficient (Wildman–Crippen LogP) is 6.11. The van der Waals surface area contributed by atoms with E-state index in [1.165, 1.54) is 23.1 Å². The quantitative estimate of drug-likeness (QED) is 0.200. The first kappa shape index (κ1) is 23.0. The van der Waals surface area contributed by atoms with Gasteiger partial charge in [0.25, 0.3) is 5.78 Å². The summed E-state index contributed by atoms with van der Waals surface area (Å²) in [7, 11) is 0. The molecule has 3 aromatic carbocycles. The van der Waals surface area contributed by atoms with E-state index in [0.717, 1.165) is 11.3 Å². The molecule has 0 saturated carbocycles. The summed E-state index contributed by atoms with van der Waals surface area (Å²) >= 11 is 7.31. The van der Waals surface area contributed by atoms with E-state index in [1.807, 2.05) is 6.92 Å². The number of carbonyl (C=O) groups is 2. The molecule has 2 heterocycles. The third-order valence-corrected chi connectivity index (χ3v) is 6.83. The highest BCUT2D eigenvalue weighted by Gasteiger charge is 2.48. The summed E-state index contributed by atoms with van der Waals surface area (Å²) in [6, 6.07) is 16.5. The molecule has 0 spiro atoms. The SMILES string of the molecule is CCOc1cccc(C(O)=C2C(=O)C(=O)N(c3nc4ccc(F)cc4s3)C2c2cccc(Cl)c2)c1. The average molecular weight is 509 g/mol. The number of ketones is 1. The lowest BCUT2D eigenvalue weighted by Gasteiger charge is -2.23. The lowest BCUT2D eigenvalue weighted by molar-refractivity contribution is -0.132. The number of anilines is 1. The zero-order chi connectivity index (χ0) is 24.7. The van der Waals surface area contributed by atoms with Gasteiger partial charge in [0.15, 0.2) is 5.13 Å². The highest BCUT2D eigenvalue weighted by molar-refractivity contribution is 7.22. The molecule has 1 aliphatic heterocycles. The monoisotopic (exact) mass is 508 g/mol. The number of aromatic nitrogens is 1. The van der Waals surface area contributed by atoms with E-state index in [9.17, 15) is 19.1 Å². The maximum absolute atomic E-state index is 13.8. The zero-order valence-electron chi connectivity index (χ0n) is 18.4. The number of nitrogens with zero attached hydrogens (tertiary/aromatic N) is 2. The topological polar surface area (TPSA) is 79.7 Å². The van der Waals surface area contributed by atoms with Crippen molar-refractivity contribution in [2.45, 2.75) is 13.0 Å². The third kappa shape index (κ3) is 4.15. The van der Waals surface area contributed by atoms with Gasteiger partial charge in [-0.15, -0.1) is 0 Å². The third-order valence-electron chi connectivity index (χ3n) is 5.57. The van der Waals surface area contributed by atoms with Crippen molar-refractivity contribution in [2.24, 2.45) is 0 Å². The normalized spacial score (nSPS) is 17.3. The summed E-state index contributed by atoms with van der Waals surface area (Å²) in [5.41, 5.74) is 1.23. The second-order valence-corrected chi connectivity index (χ2v) is 9.24. The number of benzene rings is 3. The summed E-state index contributed by atoms with van der Waals surface area (Å²) in [4.78, 5) is 32.3. The van der Waals surface area contributed by atoms with E-state index < -0.39 is 23.5 Å². The van der Waals surface area contributed by atoms with Gasteiger partial charge in [0.1, 0.15) is 17.3 Å². The van der Waals surface area contributed by atoms with Crippen LogP contribution in [0.1, 0.15) is 24.1 Å². The first-order valence-corrected chi connectivity index (χ1v) is 11.9. The minimum Gasteiger partial charge on any atom is -0.507 e. The smallest absolute Gasteiger partial charge is 0.301 e. The predicted molar refractivity (Wildman–Crippen MR) is 133 cm³/mol. The number of amides is 1. The Kier molecular flexibility index (Phi) is 6.00. The maximum Gasteiger partial charge on any atom is 0.301 e. The minimum absolute atomic E-state index is 0.101. The van der Waals surface area contributed by atoms with Crippen molar-refractivity contribution >= 4 is 55.7 Å². The van der Waals surface area contributed by atoms with Gasteiger partial charge in [0.2, 0.25) is 0 Å². The van der Waals surface area contributed by atoms with Crippen molar-refractivity contribution in [3.8, 4) is 5.75 Å². The van der Waals surface area contributed by atoms with Crippen LogP contribution in [0.25, 0.3) is 16.0 Å². The Balaban J connectivity index is 1.72. The van der Waals surface area contributed by atoms with E-state index in [-0.39, 0.29) is 16.5 Å². The summed E-state index contributed by atoms with van der Waals surface area (Å²) in [6.45, 7) is 2.26. The number of aliphatic hydroxyl groups is 1. The molecule has 1 unspecified atom stereocenters. The summed E-state index contributed by atoms with van der Waals surface area (Å²) in [5.74, 6) is -1.98. The molecule has 0 aliphatic carbocycles. The number of hydrogen-bond donors (Lipinski definition) is 1. The Morgan fingerprint density at radius 1 is 1.14 bits per heavy atom. The van der Waals surface area contributed by atoms with Gasteiger partial charge in [-0.2, -0.15) is 0 Å². The summed E-state index contributed by atoms with van der Waals surface area (Å²) in [6.07, 6.45) is 0. The van der Waals surface area contributed by atoms with E-state index in [0.29, 0.717) is 38.7 Å². The van der Waals surface area contributed by atoms with Crippen molar-refractivity contribution < 1.29 is 23.8 Å². The maximum atomic E-state index is 13.8. The van der Waals surface area contributed by atoms with E-state index in [4.69, 9.17) is 16.3 Å². The fourth-order valence-corrected chi connectivity index (χ4v) is 5.28. The molecule has 35 heavy (non-hydrogen) atoms. The van der Waals surface area contributed by atoms with Crippen LogP contribution in [0, 0.1) is 5.82 Å². The number of rotatable bonds is 5. The van der Waals surface area contributed by atoms with Crippen LogP contribution in [0.4, 0.5) is 9.52 Å². The van der Waals surface area contributed by atoms with Crippen LogP contribution in [0.2, 0.25) is 5.02 Å². The molecule has 1 aliphatic rings. The van der Waals surface area contributed by atoms with Crippen LogP contribution in [0.3, 0.4) is 0 Å². The number of hydrogen-bond acceptors (Lipinski definition) is 6. The zero-order valence-corrected chi connectivity index (χ0v) is 19.9. The van der Waals surface area contributed by atoms with Crippen molar-refractivity contribution in [3.05, 3.63) is 94.3 Å². The van der Waals surface area contributed by atoms with E-state index in [2.05, 4.69) is 4.98 Å². The minimum atomic E-state index is -0.991. The Hall–Kier alpha value is -3.75. The van der Waals surface area contributed by atoms with Crippen molar-refractivity contribution in [2.75, 3.05) is 11.5 Å². The molecule has 5 rings (SSSR count). The van der Waals surface area contributed by atoms with Crippen LogP contribution in [-0.4, -0.2) is 28.4 Å². The van der Waals surface area contributed by atoms with Gasteiger partial charge in [0, 0.05) is 10.6 Å². The number of aliphatic hydroxyl groups excluding tert-OH is 1. The molecule has 1 atom stereocenters. The lowest BCUT2D eigenvalue weighted by Crippen LogP contribution is -2.29. The van der Waals surface area contributed by atoms with Crippen LogP contribution in [-0.2, 0) is 9.59 Å². The van der Waals surface area contributed by atoms with Gasteiger partial charge in [-0.1, -0.05) is 47.2 Å². The fourth-order valence-electron chi connectivity index (χ4n) is 4.07. The highest BCUT2D eigenvalue weighted by atomic mass is 35.5. The molecule has 4 aromatic rings. The molecular weight excluding hydrogens is 491 g/mol.